The highest BCUT2D eigenvalue weighted by Gasteiger charge is 2.17. The van der Waals surface area contributed by atoms with Crippen LogP contribution in [0.15, 0.2) is 24.3 Å². The van der Waals surface area contributed by atoms with Gasteiger partial charge in [0.1, 0.15) is 5.75 Å². The molecule has 114 valence electrons. The SMILES string of the molecule is CNCc1c(C)nn(C)c1Oc1cccc(C(C)(C)C)c1. The summed E-state index contributed by atoms with van der Waals surface area (Å²) in [6, 6.07) is 8.26. The van der Waals surface area contributed by atoms with Crippen molar-refractivity contribution in [2.45, 2.75) is 39.7 Å². The van der Waals surface area contributed by atoms with Crippen LogP contribution in [0.5, 0.6) is 11.6 Å². The summed E-state index contributed by atoms with van der Waals surface area (Å²) >= 11 is 0. The molecule has 0 atom stereocenters. The molecular formula is C17H25N3O. The molecule has 1 N–H and O–H groups in total. The lowest BCUT2D eigenvalue weighted by Gasteiger charge is -2.19. The fraction of sp³-hybridized carbons (Fsp3) is 0.471. The molecule has 1 aromatic carbocycles. The molecule has 0 fully saturated rings. The Balaban J connectivity index is 2.35. The van der Waals surface area contributed by atoms with E-state index >= 15 is 0 Å². The molecule has 0 unspecified atom stereocenters. The molecule has 4 heteroatoms. The number of benzene rings is 1. The fourth-order valence-electron chi connectivity index (χ4n) is 2.33. The minimum absolute atomic E-state index is 0.107. The standard InChI is InChI=1S/C17H25N3O/c1-12-15(11-18-5)16(20(6)19-12)21-14-9-7-8-13(10-14)17(2,3)4/h7-10,18H,11H2,1-6H3. The highest BCUT2D eigenvalue weighted by atomic mass is 16.5. The van der Waals surface area contributed by atoms with Gasteiger partial charge in [0.2, 0.25) is 5.88 Å². The van der Waals surface area contributed by atoms with Crippen LogP contribution in [0, 0.1) is 6.92 Å². The van der Waals surface area contributed by atoms with Crippen LogP contribution in [0.4, 0.5) is 0 Å². The summed E-state index contributed by atoms with van der Waals surface area (Å²) in [5.41, 5.74) is 3.46. The molecular weight excluding hydrogens is 262 g/mol. The summed E-state index contributed by atoms with van der Waals surface area (Å²) in [7, 11) is 3.84. The summed E-state index contributed by atoms with van der Waals surface area (Å²) in [5, 5.41) is 7.62. The first kappa shape index (κ1) is 15.6. The number of aromatic nitrogens is 2. The van der Waals surface area contributed by atoms with Crippen molar-refractivity contribution in [3.63, 3.8) is 0 Å². The van der Waals surface area contributed by atoms with Gasteiger partial charge >= 0.3 is 0 Å². The van der Waals surface area contributed by atoms with Gasteiger partial charge in [-0.2, -0.15) is 5.10 Å². The third-order valence-electron chi connectivity index (χ3n) is 3.56. The van der Waals surface area contributed by atoms with Gasteiger partial charge in [-0.05, 0) is 37.1 Å². The molecule has 1 aromatic heterocycles. The number of rotatable bonds is 4. The summed E-state index contributed by atoms with van der Waals surface area (Å²) in [6.07, 6.45) is 0. The van der Waals surface area contributed by atoms with Crippen LogP contribution in [0.25, 0.3) is 0 Å². The predicted octanol–water partition coefficient (Wildman–Crippen LogP) is 3.54. The van der Waals surface area contributed by atoms with Crippen LogP contribution in [0.2, 0.25) is 0 Å². The zero-order valence-corrected chi connectivity index (χ0v) is 13.8. The lowest BCUT2D eigenvalue weighted by atomic mass is 9.87. The molecule has 0 radical (unpaired) electrons. The van der Waals surface area contributed by atoms with Gasteiger partial charge < -0.3 is 10.1 Å². The van der Waals surface area contributed by atoms with Crippen LogP contribution in [-0.4, -0.2) is 16.8 Å². The van der Waals surface area contributed by atoms with E-state index in [0.717, 1.165) is 29.4 Å². The van der Waals surface area contributed by atoms with E-state index in [0.29, 0.717) is 0 Å². The largest absolute Gasteiger partial charge is 0.439 e. The van der Waals surface area contributed by atoms with E-state index < -0.39 is 0 Å². The predicted molar refractivity (Wildman–Crippen MR) is 85.9 cm³/mol. The summed E-state index contributed by atoms with van der Waals surface area (Å²) in [5.74, 6) is 1.65. The number of nitrogens with zero attached hydrogens (tertiary/aromatic N) is 2. The number of hydrogen-bond donors (Lipinski definition) is 1. The average Bonchev–Trinajstić information content (AvgIpc) is 2.66. The molecule has 0 spiro atoms. The van der Waals surface area contributed by atoms with Gasteiger partial charge in [-0.25, -0.2) is 4.68 Å². The van der Waals surface area contributed by atoms with Crippen molar-refractivity contribution >= 4 is 0 Å². The van der Waals surface area contributed by atoms with Gasteiger partial charge in [-0.1, -0.05) is 32.9 Å². The summed E-state index contributed by atoms with van der Waals surface area (Å²) in [4.78, 5) is 0. The zero-order valence-electron chi connectivity index (χ0n) is 13.8. The Morgan fingerprint density at radius 1 is 1.29 bits per heavy atom. The van der Waals surface area contributed by atoms with Crippen molar-refractivity contribution in [2.75, 3.05) is 7.05 Å². The highest BCUT2D eigenvalue weighted by molar-refractivity contribution is 5.38. The first-order valence-corrected chi connectivity index (χ1v) is 7.28. The zero-order chi connectivity index (χ0) is 15.6. The van der Waals surface area contributed by atoms with Crippen LogP contribution >= 0.6 is 0 Å². The van der Waals surface area contributed by atoms with Crippen molar-refractivity contribution in [3.05, 3.63) is 41.1 Å². The van der Waals surface area contributed by atoms with Crippen molar-refractivity contribution in [1.82, 2.24) is 15.1 Å². The van der Waals surface area contributed by atoms with Crippen LogP contribution < -0.4 is 10.1 Å². The quantitative estimate of drug-likeness (QED) is 0.935. The van der Waals surface area contributed by atoms with Crippen molar-refractivity contribution in [1.29, 1.82) is 0 Å². The Morgan fingerprint density at radius 3 is 2.62 bits per heavy atom. The van der Waals surface area contributed by atoms with E-state index in [9.17, 15) is 0 Å². The Hall–Kier alpha value is -1.81. The Morgan fingerprint density at radius 2 is 2.00 bits per heavy atom. The minimum Gasteiger partial charge on any atom is -0.439 e. The third kappa shape index (κ3) is 3.45. The van der Waals surface area contributed by atoms with Gasteiger partial charge in [-0.15, -0.1) is 0 Å². The maximum absolute atomic E-state index is 6.11. The lowest BCUT2D eigenvalue weighted by molar-refractivity contribution is 0.422. The molecule has 0 aliphatic heterocycles. The smallest absolute Gasteiger partial charge is 0.222 e. The third-order valence-corrected chi connectivity index (χ3v) is 3.56. The van der Waals surface area contributed by atoms with Gasteiger partial charge in [-0.3, -0.25) is 0 Å². The number of aryl methyl sites for hydroxylation is 2. The fourth-order valence-corrected chi connectivity index (χ4v) is 2.33. The van der Waals surface area contributed by atoms with E-state index in [4.69, 9.17) is 4.74 Å². The van der Waals surface area contributed by atoms with E-state index in [1.807, 2.05) is 33.2 Å². The van der Waals surface area contributed by atoms with E-state index in [1.165, 1.54) is 5.56 Å². The molecule has 0 aliphatic rings. The van der Waals surface area contributed by atoms with Crippen LogP contribution in [0.1, 0.15) is 37.6 Å². The Bertz CT molecular complexity index is 623. The summed E-state index contributed by atoms with van der Waals surface area (Å²) < 4.78 is 7.91. The molecule has 4 nitrogen and oxygen atoms in total. The summed E-state index contributed by atoms with van der Waals surface area (Å²) in [6.45, 7) is 9.35. The average molecular weight is 287 g/mol. The lowest BCUT2D eigenvalue weighted by Crippen LogP contribution is -2.11. The number of nitrogens with one attached hydrogen (secondary N) is 1. The van der Waals surface area contributed by atoms with Crippen molar-refractivity contribution in [2.24, 2.45) is 7.05 Å². The molecule has 1 heterocycles. The van der Waals surface area contributed by atoms with Crippen molar-refractivity contribution < 1.29 is 4.74 Å². The van der Waals surface area contributed by atoms with Crippen molar-refractivity contribution in [3.8, 4) is 11.6 Å². The molecule has 0 amide bonds. The molecule has 21 heavy (non-hydrogen) atoms. The first-order valence-electron chi connectivity index (χ1n) is 7.28. The second-order valence-electron chi connectivity index (χ2n) is 6.40. The van der Waals surface area contributed by atoms with E-state index in [2.05, 4.69) is 43.3 Å². The topological polar surface area (TPSA) is 39.1 Å². The Kier molecular flexibility index (Phi) is 4.37. The van der Waals surface area contributed by atoms with Gasteiger partial charge in [0, 0.05) is 13.6 Å². The molecule has 0 aliphatic carbocycles. The second kappa shape index (κ2) is 5.90. The number of hydrogen-bond acceptors (Lipinski definition) is 3. The normalized spacial score (nSPS) is 11.7. The van der Waals surface area contributed by atoms with Gasteiger partial charge in [0.15, 0.2) is 0 Å². The minimum atomic E-state index is 0.107. The molecule has 2 rings (SSSR count). The maximum atomic E-state index is 6.11. The molecule has 0 bridgehead atoms. The maximum Gasteiger partial charge on any atom is 0.222 e. The monoisotopic (exact) mass is 287 g/mol. The Labute approximate surface area is 127 Å². The van der Waals surface area contributed by atoms with Gasteiger partial charge in [0.05, 0.1) is 11.3 Å². The second-order valence-corrected chi connectivity index (χ2v) is 6.40. The molecule has 0 saturated carbocycles. The van der Waals surface area contributed by atoms with E-state index in [1.54, 1.807) is 4.68 Å². The van der Waals surface area contributed by atoms with Crippen LogP contribution in [0.3, 0.4) is 0 Å². The van der Waals surface area contributed by atoms with Gasteiger partial charge in [0.25, 0.3) is 0 Å². The first-order chi connectivity index (χ1) is 9.82. The molecule has 0 saturated heterocycles. The van der Waals surface area contributed by atoms with Crippen LogP contribution in [-0.2, 0) is 19.0 Å². The molecule has 2 aromatic rings. The van der Waals surface area contributed by atoms with E-state index in [-0.39, 0.29) is 5.41 Å². The number of ether oxygens (including phenoxy) is 1. The highest BCUT2D eigenvalue weighted by Crippen LogP contribution is 2.30.